The summed E-state index contributed by atoms with van der Waals surface area (Å²) in [5.41, 5.74) is 9.41. The van der Waals surface area contributed by atoms with Crippen LogP contribution < -0.4 is 11.1 Å². The van der Waals surface area contributed by atoms with Crippen LogP contribution in [-0.2, 0) is 16.0 Å². The van der Waals surface area contributed by atoms with Gasteiger partial charge in [0, 0.05) is 31.5 Å². The van der Waals surface area contributed by atoms with E-state index in [0.29, 0.717) is 19.4 Å². The summed E-state index contributed by atoms with van der Waals surface area (Å²) in [5, 5.41) is 5.45. The second-order valence-electron chi connectivity index (χ2n) is 11.3. The van der Waals surface area contributed by atoms with Crippen LogP contribution in [0.25, 0.3) is 10.8 Å². The van der Waals surface area contributed by atoms with Gasteiger partial charge in [-0.1, -0.05) is 109 Å². The van der Waals surface area contributed by atoms with E-state index in [0.717, 1.165) is 46.7 Å². The van der Waals surface area contributed by atoms with Crippen molar-refractivity contribution in [1.82, 2.24) is 10.2 Å². The molecule has 0 saturated heterocycles. The smallest absolute Gasteiger partial charge is 0.246 e. The number of nitrogens with two attached hydrogens (primary N) is 1. The first-order chi connectivity index (χ1) is 19.9. The lowest BCUT2D eigenvalue weighted by atomic mass is 9.75. The molecule has 4 aromatic rings. The highest BCUT2D eigenvalue weighted by Crippen LogP contribution is 2.32. The second-order valence-corrected chi connectivity index (χ2v) is 11.3. The maximum absolute atomic E-state index is 13.9. The van der Waals surface area contributed by atoms with Crippen molar-refractivity contribution in [3.05, 3.63) is 132 Å². The van der Waals surface area contributed by atoms with Crippen molar-refractivity contribution >= 4 is 22.6 Å². The van der Waals surface area contributed by atoms with Crippen molar-refractivity contribution in [1.29, 1.82) is 0 Å². The molecule has 0 unspecified atom stereocenters. The zero-order valence-corrected chi connectivity index (χ0v) is 23.7. The van der Waals surface area contributed by atoms with Crippen molar-refractivity contribution in [2.24, 2.45) is 5.73 Å². The summed E-state index contributed by atoms with van der Waals surface area (Å²) in [6.45, 7) is 0.425. The van der Waals surface area contributed by atoms with Crippen molar-refractivity contribution in [3.8, 4) is 0 Å². The number of fused-ring (bicyclic) bond motifs is 1. The summed E-state index contributed by atoms with van der Waals surface area (Å²) < 4.78 is 0. The molecule has 0 bridgehead atoms. The molecule has 210 valence electrons. The molecule has 0 spiro atoms. The molecule has 0 radical (unpaired) electrons. The van der Waals surface area contributed by atoms with Gasteiger partial charge >= 0.3 is 0 Å². The minimum absolute atomic E-state index is 0.00760. The largest absolute Gasteiger partial charge is 0.353 e. The van der Waals surface area contributed by atoms with Crippen LogP contribution in [0.4, 0.5) is 0 Å². The predicted molar refractivity (Wildman–Crippen MR) is 166 cm³/mol. The summed E-state index contributed by atoms with van der Waals surface area (Å²) in [6, 6.07) is 34.1. The maximum atomic E-state index is 13.9. The Labute approximate surface area is 243 Å². The first-order valence-corrected chi connectivity index (χ1v) is 14.5. The van der Waals surface area contributed by atoms with Crippen LogP contribution in [0, 0.1) is 0 Å². The third kappa shape index (κ3) is 7.11. The highest BCUT2D eigenvalue weighted by atomic mass is 16.2. The number of likely N-dealkylation sites (N-methyl/N-ethyl adjacent to an activating group) is 1. The van der Waals surface area contributed by atoms with E-state index in [9.17, 15) is 9.59 Å². The van der Waals surface area contributed by atoms with E-state index in [1.54, 1.807) is 18.0 Å². The van der Waals surface area contributed by atoms with Gasteiger partial charge < -0.3 is 16.0 Å². The van der Waals surface area contributed by atoms with Crippen LogP contribution in [0.15, 0.2) is 115 Å². The van der Waals surface area contributed by atoms with E-state index in [1.165, 1.54) is 0 Å². The molecule has 0 aliphatic heterocycles. The van der Waals surface area contributed by atoms with E-state index in [2.05, 4.69) is 53.8 Å². The van der Waals surface area contributed by atoms with Gasteiger partial charge in [0.05, 0.1) is 0 Å². The Morgan fingerprint density at radius 2 is 1.49 bits per heavy atom. The molecule has 2 amide bonds. The van der Waals surface area contributed by atoms with Crippen LogP contribution >= 0.6 is 0 Å². The van der Waals surface area contributed by atoms with E-state index >= 15 is 0 Å². The molecule has 1 aliphatic carbocycles. The molecule has 0 heterocycles. The molecule has 1 atom stereocenters. The standard InChI is InChI=1S/C36H39N3O2/c1-39(34(40)18-10-21-36(37)22-11-23-36)33(25-27-19-20-28-12-8-9-17-31(28)24-27)35(41)38-26-32(29-13-4-2-5-14-29)30-15-6-3-7-16-30/h2-10,12-20,24,32-33H,11,21-23,25-26,37H2,1H3,(H,38,41)/b18-10+/t33-/m1/s1. The minimum atomic E-state index is -0.670. The molecule has 5 heteroatoms. The maximum Gasteiger partial charge on any atom is 0.246 e. The molecule has 3 N–H and O–H groups in total. The fourth-order valence-corrected chi connectivity index (χ4v) is 5.61. The Kier molecular flexibility index (Phi) is 8.95. The van der Waals surface area contributed by atoms with E-state index in [4.69, 9.17) is 5.73 Å². The lowest BCUT2D eigenvalue weighted by molar-refractivity contribution is -0.135. The third-order valence-corrected chi connectivity index (χ3v) is 8.38. The van der Waals surface area contributed by atoms with Gasteiger partial charge in [0.25, 0.3) is 0 Å². The Morgan fingerprint density at radius 1 is 0.878 bits per heavy atom. The molecular weight excluding hydrogens is 506 g/mol. The number of hydrogen-bond donors (Lipinski definition) is 2. The summed E-state index contributed by atoms with van der Waals surface area (Å²) in [5.74, 6) is -0.378. The van der Waals surface area contributed by atoms with Gasteiger partial charge in [-0.3, -0.25) is 9.59 Å². The van der Waals surface area contributed by atoms with E-state index in [1.807, 2.05) is 60.7 Å². The molecular formula is C36H39N3O2. The number of carbonyl (C=O) groups is 2. The quantitative estimate of drug-likeness (QED) is 0.228. The van der Waals surface area contributed by atoms with E-state index < -0.39 is 6.04 Å². The summed E-state index contributed by atoms with van der Waals surface area (Å²) in [6.07, 6.45) is 7.63. The van der Waals surface area contributed by atoms with Gasteiger partial charge in [-0.05, 0) is 59.2 Å². The van der Waals surface area contributed by atoms with Crippen LogP contribution in [0.1, 0.15) is 48.3 Å². The summed E-state index contributed by atoms with van der Waals surface area (Å²) in [4.78, 5) is 28.7. The lowest BCUT2D eigenvalue weighted by Gasteiger charge is -2.37. The normalized spacial score (nSPS) is 15.0. The van der Waals surface area contributed by atoms with Crippen molar-refractivity contribution in [2.45, 2.75) is 49.6 Å². The van der Waals surface area contributed by atoms with Gasteiger partial charge in [-0.2, -0.15) is 0 Å². The Balaban J connectivity index is 1.36. The molecule has 0 aromatic heterocycles. The Bertz CT molecular complexity index is 1460. The fraction of sp³-hybridized carbons (Fsp3) is 0.278. The average Bonchev–Trinajstić information content (AvgIpc) is 2.99. The number of nitrogens with zero attached hydrogens (tertiary/aromatic N) is 1. The van der Waals surface area contributed by atoms with Crippen molar-refractivity contribution in [3.63, 3.8) is 0 Å². The van der Waals surface area contributed by atoms with Gasteiger partial charge in [-0.25, -0.2) is 0 Å². The summed E-state index contributed by atoms with van der Waals surface area (Å²) in [7, 11) is 1.71. The average molecular weight is 546 g/mol. The molecule has 41 heavy (non-hydrogen) atoms. The molecule has 1 saturated carbocycles. The minimum Gasteiger partial charge on any atom is -0.353 e. The third-order valence-electron chi connectivity index (χ3n) is 8.38. The van der Waals surface area contributed by atoms with Gasteiger partial charge in [-0.15, -0.1) is 0 Å². The number of hydrogen-bond acceptors (Lipinski definition) is 3. The second kappa shape index (κ2) is 13.0. The molecule has 5 nitrogen and oxygen atoms in total. The highest BCUT2D eigenvalue weighted by Gasteiger charge is 2.31. The topological polar surface area (TPSA) is 75.4 Å². The number of rotatable bonds is 11. The van der Waals surface area contributed by atoms with Crippen LogP contribution in [0.2, 0.25) is 0 Å². The molecule has 4 aromatic carbocycles. The van der Waals surface area contributed by atoms with Crippen LogP contribution in [0.3, 0.4) is 0 Å². The fourth-order valence-electron chi connectivity index (χ4n) is 5.61. The molecule has 5 rings (SSSR count). The van der Waals surface area contributed by atoms with Crippen molar-refractivity contribution in [2.75, 3.05) is 13.6 Å². The zero-order valence-electron chi connectivity index (χ0n) is 23.7. The lowest BCUT2D eigenvalue weighted by Crippen LogP contribution is -2.49. The van der Waals surface area contributed by atoms with Gasteiger partial charge in [0.2, 0.25) is 11.8 Å². The highest BCUT2D eigenvalue weighted by molar-refractivity contribution is 5.93. The molecule has 1 aliphatic rings. The number of amides is 2. The Hall–Kier alpha value is -4.22. The monoisotopic (exact) mass is 545 g/mol. The Morgan fingerprint density at radius 3 is 2.10 bits per heavy atom. The zero-order chi connectivity index (χ0) is 28.7. The molecule has 1 fully saturated rings. The first-order valence-electron chi connectivity index (χ1n) is 14.5. The number of carbonyl (C=O) groups excluding carboxylic acids is 2. The van der Waals surface area contributed by atoms with Gasteiger partial charge in [0.1, 0.15) is 6.04 Å². The number of nitrogens with one attached hydrogen (secondary N) is 1. The predicted octanol–water partition coefficient (Wildman–Crippen LogP) is 5.99. The summed E-state index contributed by atoms with van der Waals surface area (Å²) >= 11 is 0. The SMILES string of the molecule is CN(C(=O)/C=C/CC1(N)CCC1)[C@H](Cc1ccc2ccccc2c1)C(=O)NCC(c1ccccc1)c1ccccc1. The van der Waals surface area contributed by atoms with Gasteiger partial charge in [0.15, 0.2) is 0 Å². The van der Waals surface area contributed by atoms with E-state index in [-0.39, 0.29) is 23.3 Å². The van der Waals surface area contributed by atoms with Crippen molar-refractivity contribution < 1.29 is 9.59 Å². The number of benzene rings is 4. The first kappa shape index (κ1) is 28.3. The van der Waals surface area contributed by atoms with Crippen LogP contribution in [-0.4, -0.2) is 41.9 Å². The van der Waals surface area contributed by atoms with Crippen LogP contribution in [0.5, 0.6) is 0 Å².